The molecule has 0 bridgehead atoms. The van der Waals surface area contributed by atoms with E-state index in [9.17, 15) is 9.59 Å². The van der Waals surface area contributed by atoms with Gasteiger partial charge in [0.25, 0.3) is 5.91 Å². The molecule has 138 valence electrons. The number of nitrogens with one attached hydrogen (secondary N) is 1. The number of carbonyl (C=O) groups excluding carboxylic acids is 1. The van der Waals surface area contributed by atoms with Crippen molar-refractivity contribution in [1.29, 1.82) is 0 Å². The zero-order valence-electron chi connectivity index (χ0n) is 15.7. The molecule has 1 saturated heterocycles. The van der Waals surface area contributed by atoms with Crippen LogP contribution in [0.1, 0.15) is 40.2 Å². The van der Waals surface area contributed by atoms with Crippen LogP contribution in [0.15, 0.2) is 35.1 Å². The summed E-state index contributed by atoms with van der Waals surface area (Å²) in [4.78, 5) is 30.0. The largest absolute Gasteiger partial charge is 0.493 e. The van der Waals surface area contributed by atoms with Gasteiger partial charge in [-0.2, -0.15) is 0 Å². The standard InChI is InChI=1S/C21H26N2O3/c1-14-6-4-8-18(10-14)26-13-17-7-5-9-23(12-17)21(25)20-16(3)22-15(2)11-19(20)24/h4,6,8,10-11,17H,5,7,9,12-13H2,1-3H3,(H,22,24)/t17-/m0/s1. The molecule has 1 aliphatic rings. The van der Waals surface area contributed by atoms with Crippen molar-refractivity contribution in [1.82, 2.24) is 9.88 Å². The number of hydrogen-bond acceptors (Lipinski definition) is 3. The predicted molar refractivity (Wildman–Crippen MR) is 102 cm³/mol. The molecular weight excluding hydrogens is 328 g/mol. The SMILES string of the molecule is Cc1cccc(OC[C@H]2CCCN(C(=O)c3c(C)[nH]c(C)cc3=O)C2)c1. The Hall–Kier alpha value is -2.56. The number of H-pyrrole nitrogens is 1. The van der Waals surface area contributed by atoms with Gasteiger partial charge in [0.1, 0.15) is 11.3 Å². The van der Waals surface area contributed by atoms with Crippen LogP contribution in [-0.4, -0.2) is 35.5 Å². The molecule has 26 heavy (non-hydrogen) atoms. The number of hydrogen-bond donors (Lipinski definition) is 1. The van der Waals surface area contributed by atoms with E-state index in [-0.39, 0.29) is 22.8 Å². The van der Waals surface area contributed by atoms with Crippen molar-refractivity contribution >= 4 is 5.91 Å². The number of benzene rings is 1. The van der Waals surface area contributed by atoms with E-state index in [0.29, 0.717) is 25.4 Å². The van der Waals surface area contributed by atoms with Gasteiger partial charge >= 0.3 is 0 Å². The fourth-order valence-electron chi connectivity index (χ4n) is 3.58. The van der Waals surface area contributed by atoms with Crippen LogP contribution >= 0.6 is 0 Å². The number of likely N-dealkylation sites (tertiary alicyclic amines) is 1. The molecular formula is C21H26N2O3. The van der Waals surface area contributed by atoms with Crippen LogP contribution in [0.5, 0.6) is 5.75 Å². The number of piperidine rings is 1. The molecule has 2 heterocycles. The van der Waals surface area contributed by atoms with Crippen LogP contribution in [0.25, 0.3) is 0 Å². The quantitative estimate of drug-likeness (QED) is 0.917. The van der Waals surface area contributed by atoms with Crippen molar-refractivity contribution in [2.24, 2.45) is 5.92 Å². The summed E-state index contributed by atoms with van der Waals surface area (Å²) in [6, 6.07) is 9.47. The molecule has 0 saturated carbocycles. The minimum Gasteiger partial charge on any atom is -0.493 e. The fraction of sp³-hybridized carbons (Fsp3) is 0.429. The first-order chi connectivity index (χ1) is 12.4. The van der Waals surface area contributed by atoms with E-state index in [0.717, 1.165) is 29.8 Å². The summed E-state index contributed by atoms with van der Waals surface area (Å²) in [7, 11) is 0. The maximum atomic E-state index is 12.9. The first kappa shape index (κ1) is 18.2. The summed E-state index contributed by atoms with van der Waals surface area (Å²) in [5.41, 5.74) is 2.63. The number of carbonyl (C=O) groups is 1. The zero-order chi connectivity index (χ0) is 18.7. The second-order valence-corrected chi connectivity index (χ2v) is 7.20. The topological polar surface area (TPSA) is 62.4 Å². The van der Waals surface area contributed by atoms with Crippen LogP contribution in [0.4, 0.5) is 0 Å². The number of rotatable bonds is 4. The number of amides is 1. The number of nitrogens with zero attached hydrogens (tertiary/aromatic N) is 1. The molecule has 1 aromatic carbocycles. The molecule has 2 aromatic rings. The predicted octanol–water partition coefficient (Wildman–Crippen LogP) is 3.23. The van der Waals surface area contributed by atoms with Crippen molar-refractivity contribution in [3.63, 3.8) is 0 Å². The summed E-state index contributed by atoms with van der Waals surface area (Å²) in [5.74, 6) is 0.960. The minimum atomic E-state index is -0.207. The lowest BCUT2D eigenvalue weighted by Gasteiger charge is -2.32. The third kappa shape index (κ3) is 4.15. The van der Waals surface area contributed by atoms with Gasteiger partial charge in [0.15, 0.2) is 5.43 Å². The van der Waals surface area contributed by atoms with E-state index in [4.69, 9.17) is 4.74 Å². The minimum absolute atomic E-state index is 0.177. The highest BCUT2D eigenvalue weighted by molar-refractivity contribution is 5.95. The Morgan fingerprint density at radius 2 is 2.08 bits per heavy atom. The van der Waals surface area contributed by atoms with Gasteiger partial charge in [-0.25, -0.2) is 0 Å². The average molecular weight is 354 g/mol. The number of ether oxygens (including phenoxy) is 1. The van der Waals surface area contributed by atoms with Gasteiger partial charge in [-0.3, -0.25) is 9.59 Å². The first-order valence-electron chi connectivity index (χ1n) is 9.13. The summed E-state index contributed by atoms with van der Waals surface area (Å²) in [5, 5.41) is 0. The van der Waals surface area contributed by atoms with Crippen LogP contribution in [0.2, 0.25) is 0 Å². The van der Waals surface area contributed by atoms with Gasteiger partial charge in [-0.05, 0) is 51.3 Å². The first-order valence-corrected chi connectivity index (χ1v) is 9.13. The van der Waals surface area contributed by atoms with Crippen LogP contribution in [0, 0.1) is 26.7 Å². The number of aromatic nitrogens is 1. The Bertz CT molecular complexity index is 857. The molecule has 0 unspecified atom stereocenters. The summed E-state index contributed by atoms with van der Waals surface area (Å²) in [6.45, 7) is 7.53. The molecule has 0 spiro atoms. The van der Waals surface area contributed by atoms with Gasteiger partial charge in [-0.1, -0.05) is 12.1 Å². The third-order valence-corrected chi connectivity index (χ3v) is 4.85. The van der Waals surface area contributed by atoms with Crippen LogP contribution < -0.4 is 10.2 Å². The average Bonchev–Trinajstić information content (AvgIpc) is 2.59. The Morgan fingerprint density at radius 1 is 1.27 bits per heavy atom. The van der Waals surface area contributed by atoms with E-state index in [1.807, 2.05) is 38.1 Å². The highest BCUT2D eigenvalue weighted by Crippen LogP contribution is 2.21. The van der Waals surface area contributed by atoms with E-state index < -0.39 is 0 Å². The molecule has 3 rings (SSSR count). The highest BCUT2D eigenvalue weighted by Gasteiger charge is 2.27. The van der Waals surface area contributed by atoms with E-state index in [1.54, 1.807) is 11.8 Å². The molecule has 1 aliphatic heterocycles. The zero-order valence-corrected chi connectivity index (χ0v) is 15.7. The second-order valence-electron chi connectivity index (χ2n) is 7.20. The molecule has 1 atom stereocenters. The van der Waals surface area contributed by atoms with Crippen molar-refractivity contribution in [3.8, 4) is 5.75 Å². The molecule has 1 aromatic heterocycles. The van der Waals surface area contributed by atoms with Crippen molar-refractivity contribution in [2.45, 2.75) is 33.6 Å². The molecule has 0 aliphatic carbocycles. The van der Waals surface area contributed by atoms with Gasteiger partial charge in [-0.15, -0.1) is 0 Å². The summed E-state index contributed by atoms with van der Waals surface area (Å²) >= 11 is 0. The van der Waals surface area contributed by atoms with Gasteiger partial charge < -0.3 is 14.6 Å². The third-order valence-electron chi connectivity index (χ3n) is 4.85. The summed E-state index contributed by atoms with van der Waals surface area (Å²) < 4.78 is 5.92. The Morgan fingerprint density at radius 3 is 2.81 bits per heavy atom. The van der Waals surface area contributed by atoms with Gasteiger partial charge in [0.05, 0.1) is 6.61 Å². The van der Waals surface area contributed by atoms with Crippen LogP contribution in [0.3, 0.4) is 0 Å². The van der Waals surface area contributed by atoms with E-state index in [2.05, 4.69) is 4.98 Å². The van der Waals surface area contributed by atoms with Crippen LogP contribution in [-0.2, 0) is 0 Å². The normalized spacial score (nSPS) is 17.2. The highest BCUT2D eigenvalue weighted by atomic mass is 16.5. The Balaban J connectivity index is 1.66. The van der Waals surface area contributed by atoms with E-state index in [1.165, 1.54) is 6.07 Å². The smallest absolute Gasteiger partial charge is 0.259 e. The Kier molecular flexibility index (Phi) is 5.45. The maximum Gasteiger partial charge on any atom is 0.259 e. The lowest BCUT2D eigenvalue weighted by atomic mass is 9.98. The van der Waals surface area contributed by atoms with Gasteiger partial charge in [0.2, 0.25) is 0 Å². The fourth-order valence-corrected chi connectivity index (χ4v) is 3.58. The van der Waals surface area contributed by atoms with Gasteiger partial charge in [0, 0.05) is 36.5 Å². The lowest BCUT2D eigenvalue weighted by Crippen LogP contribution is -2.43. The molecule has 5 heteroatoms. The summed E-state index contributed by atoms with van der Waals surface area (Å²) in [6.07, 6.45) is 1.95. The monoisotopic (exact) mass is 354 g/mol. The Labute approximate surface area is 154 Å². The van der Waals surface area contributed by atoms with Crippen molar-refractivity contribution in [3.05, 3.63) is 63.1 Å². The maximum absolute atomic E-state index is 12.9. The number of pyridine rings is 1. The second kappa shape index (κ2) is 7.77. The number of aryl methyl sites for hydroxylation is 3. The lowest BCUT2D eigenvalue weighted by molar-refractivity contribution is 0.0631. The molecule has 5 nitrogen and oxygen atoms in total. The van der Waals surface area contributed by atoms with Crippen molar-refractivity contribution < 1.29 is 9.53 Å². The molecule has 0 radical (unpaired) electrons. The molecule has 1 fully saturated rings. The molecule has 1 amide bonds. The number of aromatic amines is 1. The van der Waals surface area contributed by atoms with E-state index >= 15 is 0 Å². The molecule has 1 N–H and O–H groups in total. The van der Waals surface area contributed by atoms with Crippen molar-refractivity contribution in [2.75, 3.05) is 19.7 Å².